The first-order chi connectivity index (χ1) is 8.35. The van der Waals surface area contributed by atoms with Crippen LogP contribution in [0.15, 0.2) is 24.3 Å². The zero-order valence-electron chi connectivity index (χ0n) is 10.6. The topological polar surface area (TPSA) is 55.4 Å². The van der Waals surface area contributed by atoms with Crippen molar-refractivity contribution in [1.82, 2.24) is 5.32 Å². The van der Waals surface area contributed by atoms with E-state index in [9.17, 15) is 14.0 Å². The van der Waals surface area contributed by atoms with Crippen LogP contribution in [0.25, 0.3) is 0 Å². The third kappa shape index (κ3) is 3.84. The van der Waals surface area contributed by atoms with Crippen molar-refractivity contribution in [2.45, 2.75) is 25.8 Å². The van der Waals surface area contributed by atoms with Gasteiger partial charge < -0.3 is 10.1 Å². The van der Waals surface area contributed by atoms with Gasteiger partial charge in [-0.2, -0.15) is 0 Å². The third-order valence-electron chi connectivity index (χ3n) is 2.43. The van der Waals surface area contributed by atoms with Gasteiger partial charge in [0.05, 0.1) is 13.5 Å². The van der Waals surface area contributed by atoms with Crippen LogP contribution in [0.1, 0.15) is 19.4 Å². The molecule has 0 saturated heterocycles. The van der Waals surface area contributed by atoms with E-state index < -0.39 is 11.5 Å². The van der Waals surface area contributed by atoms with Crippen LogP contribution < -0.4 is 5.32 Å². The molecule has 0 fully saturated rings. The molecular weight excluding hydrogens is 237 g/mol. The van der Waals surface area contributed by atoms with Crippen LogP contribution in [0.4, 0.5) is 4.39 Å². The molecule has 0 saturated carbocycles. The number of hydrogen-bond acceptors (Lipinski definition) is 3. The molecule has 5 heteroatoms. The summed E-state index contributed by atoms with van der Waals surface area (Å²) in [7, 11) is 1.26. The number of carbonyl (C=O) groups excluding carboxylic acids is 2. The highest BCUT2D eigenvalue weighted by molar-refractivity contribution is 5.88. The predicted octanol–water partition coefficient (Wildman–Crippen LogP) is 1.44. The largest absolute Gasteiger partial charge is 0.467 e. The highest BCUT2D eigenvalue weighted by Gasteiger charge is 2.30. The fourth-order valence-electron chi connectivity index (χ4n) is 1.49. The Kier molecular flexibility index (Phi) is 4.42. The lowest BCUT2D eigenvalue weighted by molar-refractivity contribution is -0.149. The Bertz CT molecular complexity index is 440. The fourth-order valence-corrected chi connectivity index (χ4v) is 1.49. The smallest absolute Gasteiger partial charge is 0.330 e. The summed E-state index contributed by atoms with van der Waals surface area (Å²) < 4.78 is 17.3. The molecule has 0 aliphatic heterocycles. The molecule has 1 rings (SSSR count). The molecule has 1 aromatic carbocycles. The van der Waals surface area contributed by atoms with Crippen molar-refractivity contribution < 1.29 is 18.7 Å². The van der Waals surface area contributed by atoms with Crippen LogP contribution in [-0.2, 0) is 20.7 Å². The molecule has 0 aliphatic rings. The summed E-state index contributed by atoms with van der Waals surface area (Å²) in [6, 6.07) is 5.63. The Morgan fingerprint density at radius 3 is 2.33 bits per heavy atom. The molecule has 98 valence electrons. The average molecular weight is 253 g/mol. The first-order valence-corrected chi connectivity index (χ1v) is 5.49. The maximum absolute atomic E-state index is 12.7. The molecule has 18 heavy (non-hydrogen) atoms. The number of hydrogen-bond donors (Lipinski definition) is 1. The maximum Gasteiger partial charge on any atom is 0.330 e. The Morgan fingerprint density at radius 2 is 1.83 bits per heavy atom. The summed E-state index contributed by atoms with van der Waals surface area (Å²) in [5, 5.41) is 2.56. The second kappa shape index (κ2) is 5.62. The minimum Gasteiger partial charge on any atom is -0.467 e. The molecule has 1 aromatic rings. The molecule has 0 radical (unpaired) electrons. The summed E-state index contributed by atoms with van der Waals surface area (Å²) in [4.78, 5) is 23.1. The molecule has 1 N–H and O–H groups in total. The molecule has 0 bridgehead atoms. The number of halogens is 1. The molecule has 0 aromatic heterocycles. The SMILES string of the molecule is COC(=O)C(C)(C)NC(=O)Cc1ccc(F)cc1. The predicted molar refractivity (Wildman–Crippen MR) is 64.3 cm³/mol. The quantitative estimate of drug-likeness (QED) is 0.826. The Balaban J connectivity index is 2.62. The number of nitrogens with one attached hydrogen (secondary N) is 1. The van der Waals surface area contributed by atoms with Gasteiger partial charge in [0.15, 0.2) is 0 Å². The van der Waals surface area contributed by atoms with Crippen LogP contribution in [0.2, 0.25) is 0 Å². The number of benzene rings is 1. The number of rotatable bonds is 4. The summed E-state index contributed by atoms with van der Waals surface area (Å²) in [6.45, 7) is 3.11. The van der Waals surface area contributed by atoms with Crippen molar-refractivity contribution >= 4 is 11.9 Å². The number of methoxy groups -OCH3 is 1. The summed E-state index contributed by atoms with van der Waals surface area (Å²) in [5.74, 6) is -1.19. The zero-order chi connectivity index (χ0) is 13.8. The van der Waals surface area contributed by atoms with E-state index in [1.807, 2.05) is 0 Å². The van der Waals surface area contributed by atoms with Crippen LogP contribution in [0.5, 0.6) is 0 Å². The normalized spacial score (nSPS) is 10.9. The molecule has 0 spiro atoms. The summed E-state index contributed by atoms with van der Waals surface area (Å²) >= 11 is 0. The summed E-state index contributed by atoms with van der Waals surface area (Å²) in [5.41, 5.74) is -0.402. The first-order valence-electron chi connectivity index (χ1n) is 5.49. The van der Waals surface area contributed by atoms with Crippen LogP contribution in [-0.4, -0.2) is 24.5 Å². The average Bonchev–Trinajstić information content (AvgIpc) is 2.30. The molecule has 0 unspecified atom stereocenters. The standard InChI is InChI=1S/C13H16FNO3/c1-13(2,12(17)18-3)15-11(16)8-9-4-6-10(14)7-5-9/h4-7H,8H2,1-3H3,(H,15,16). The Hall–Kier alpha value is -1.91. The third-order valence-corrected chi connectivity index (χ3v) is 2.43. The number of ether oxygens (including phenoxy) is 1. The first kappa shape index (κ1) is 14.2. The minimum absolute atomic E-state index is 0.0840. The van der Waals surface area contributed by atoms with E-state index in [0.29, 0.717) is 5.56 Å². The van der Waals surface area contributed by atoms with Gasteiger partial charge in [-0.05, 0) is 31.5 Å². The molecule has 0 heterocycles. The van der Waals surface area contributed by atoms with Crippen molar-refractivity contribution in [1.29, 1.82) is 0 Å². The fraction of sp³-hybridized carbons (Fsp3) is 0.385. The van der Waals surface area contributed by atoms with Gasteiger partial charge in [0, 0.05) is 0 Å². The van der Waals surface area contributed by atoms with Crippen LogP contribution in [0.3, 0.4) is 0 Å². The zero-order valence-corrected chi connectivity index (χ0v) is 10.6. The maximum atomic E-state index is 12.7. The van der Waals surface area contributed by atoms with E-state index in [1.54, 1.807) is 13.8 Å². The van der Waals surface area contributed by atoms with Crippen molar-refractivity contribution in [3.63, 3.8) is 0 Å². The van der Waals surface area contributed by atoms with E-state index >= 15 is 0 Å². The van der Waals surface area contributed by atoms with E-state index in [2.05, 4.69) is 10.1 Å². The second-order valence-electron chi connectivity index (χ2n) is 4.47. The Labute approximate surface area is 105 Å². The lowest BCUT2D eigenvalue weighted by atomic mass is 10.0. The molecule has 1 amide bonds. The van der Waals surface area contributed by atoms with Crippen molar-refractivity contribution in [2.24, 2.45) is 0 Å². The van der Waals surface area contributed by atoms with Crippen molar-refractivity contribution in [2.75, 3.05) is 7.11 Å². The van der Waals surface area contributed by atoms with Gasteiger partial charge >= 0.3 is 5.97 Å². The van der Waals surface area contributed by atoms with E-state index in [0.717, 1.165) is 0 Å². The molecule has 0 atom stereocenters. The monoisotopic (exact) mass is 253 g/mol. The number of esters is 1. The minimum atomic E-state index is -1.08. The Morgan fingerprint density at radius 1 is 1.28 bits per heavy atom. The van der Waals surface area contributed by atoms with Gasteiger partial charge in [-0.3, -0.25) is 4.79 Å². The molecule has 0 aliphatic carbocycles. The van der Waals surface area contributed by atoms with E-state index in [-0.39, 0.29) is 18.1 Å². The number of amides is 1. The molecule has 4 nitrogen and oxygen atoms in total. The highest BCUT2D eigenvalue weighted by Crippen LogP contribution is 2.07. The van der Waals surface area contributed by atoms with Gasteiger partial charge in [-0.25, -0.2) is 9.18 Å². The van der Waals surface area contributed by atoms with Gasteiger partial charge in [0.2, 0.25) is 5.91 Å². The van der Waals surface area contributed by atoms with E-state index in [1.165, 1.54) is 31.4 Å². The van der Waals surface area contributed by atoms with Gasteiger partial charge in [0.25, 0.3) is 0 Å². The van der Waals surface area contributed by atoms with Crippen molar-refractivity contribution in [3.8, 4) is 0 Å². The van der Waals surface area contributed by atoms with Gasteiger partial charge in [-0.15, -0.1) is 0 Å². The van der Waals surface area contributed by atoms with Gasteiger partial charge in [0.1, 0.15) is 11.4 Å². The lowest BCUT2D eigenvalue weighted by Crippen LogP contribution is -2.50. The van der Waals surface area contributed by atoms with Crippen LogP contribution >= 0.6 is 0 Å². The lowest BCUT2D eigenvalue weighted by Gasteiger charge is -2.23. The second-order valence-corrected chi connectivity index (χ2v) is 4.47. The van der Waals surface area contributed by atoms with E-state index in [4.69, 9.17) is 0 Å². The number of carbonyl (C=O) groups is 2. The highest BCUT2D eigenvalue weighted by atomic mass is 19.1. The van der Waals surface area contributed by atoms with Gasteiger partial charge in [-0.1, -0.05) is 12.1 Å². The molecular formula is C13H16FNO3. The summed E-state index contributed by atoms with van der Waals surface area (Å²) in [6.07, 6.45) is 0.0840. The van der Waals surface area contributed by atoms with Crippen LogP contribution in [0, 0.1) is 5.82 Å². The van der Waals surface area contributed by atoms with Crippen molar-refractivity contribution in [3.05, 3.63) is 35.6 Å².